The van der Waals surface area contributed by atoms with Gasteiger partial charge in [0.05, 0.1) is 0 Å². The lowest BCUT2D eigenvalue weighted by Gasteiger charge is -2.16. The quantitative estimate of drug-likeness (QED) is 0.883. The van der Waals surface area contributed by atoms with Crippen LogP contribution in [0.3, 0.4) is 0 Å². The molecular weight excluding hydrogens is 310 g/mol. The van der Waals surface area contributed by atoms with Gasteiger partial charge in [-0.25, -0.2) is 8.78 Å². The second kappa shape index (κ2) is 6.69. The van der Waals surface area contributed by atoms with Crippen LogP contribution in [-0.4, -0.2) is 18.5 Å². The number of nitrogens with one attached hydrogen (secondary N) is 1. The predicted molar refractivity (Wildman–Crippen MR) is 89.6 cm³/mol. The molecular formula is C19H20F2N2O. The van der Waals surface area contributed by atoms with Crippen molar-refractivity contribution in [2.24, 2.45) is 11.7 Å². The van der Waals surface area contributed by atoms with Gasteiger partial charge < -0.3 is 11.1 Å². The van der Waals surface area contributed by atoms with Crippen LogP contribution >= 0.6 is 0 Å². The fraction of sp³-hybridized carbons (Fsp3) is 0.316. The molecule has 0 spiro atoms. The SMILES string of the molecule is Cc1cc(F)ccc1-c1ccc(C(=O)NC(CN)C2CC2)cc1F. The fourth-order valence-electron chi connectivity index (χ4n) is 2.92. The van der Waals surface area contributed by atoms with Gasteiger partial charge >= 0.3 is 0 Å². The first-order chi connectivity index (χ1) is 11.5. The Labute approximate surface area is 139 Å². The molecule has 0 radical (unpaired) electrons. The summed E-state index contributed by atoms with van der Waals surface area (Å²) < 4.78 is 27.7. The number of carbonyl (C=O) groups excluding carboxylic acids is 1. The van der Waals surface area contributed by atoms with E-state index in [1.165, 1.54) is 18.2 Å². The Bertz CT molecular complexity index is 772. The van der Waals surface area contributed by atoms with Crippen LogP contribution in [-0.2, 0) is 0 Å². The highest BCUT2D eigenvalue weighted by atomic mass is 19.1. The summed E-state index contributed by atoms with van der Waals surface area (Å²) in [5, 5.41) is 2.87. The standard InChI is InChI=1S/C19H20F2N2O/c1-11-8-14(20)5-7-15(11)16-6-4-13(9-17(16)21)19(24)23-18(10-22)12-2-3-12/h4-9,12,18H,2-3,10,22H2,1H3,(H,23,24). The molecule has 0 saturated heterocycles. The molecule has 1 atom stereocenters. The number of hydrogen-bond donors (Lipinski definition) is 2. The summed E-state index contributed by atoms with van der Waals surface area (Å²) in [6.45, 7) is 2.10. The number of carbonyl (C=O) groups is 1. The van der Waals surface area contributed by atoms with Gasteiger partial charge in [0.1, 0.15) is 11.6 Å². The van der Waals surface area contributed by atoms with Crippen molar-refractivity contribution in [3.05, 3.63) is 59.2 Å². The summed E-state index contributed by atoms with van der Waals surface area (Å²) in [6, 6.07) is 8.49. The molecule has 0 heterocycles. The average Bonchev–Trinajstić information content (AvgIpc) is 3.38. The number of rotatable bonds is 5. The van der Waals surface area contributed by atoms with Crippen molar-refractivity contribution < 1.29 is 13.6 Å². The molecule has 5 heteroatoms. The van der Waals surface area contributed by atoms with Gasteiger partial charge in [-0.1, -0.05) is 12.1 Å². The third kappa shape index (κ3) is 3.46. The van der Waals surface area contributed by atoms with E-state index in [1.807, 2.05) is 0 Å². The first kappa shape index (κ1) is 16.6. The lowest BCUT2D eigenvalue weighted by molar-refractivity contribution is 0.0933. The van der Waals surface area contributed by atoms with E-state index in [1.54, 1.807) is 25.1 Å². The van der Waals surface area contributed by atoms with E-state index in [0.29, 0.717) is 29.2 Å². The summed E-state index contributed by atoms with van der Waals surface area (Å²) >= 11 is 0. The summed E-state index contributed by atoms with van der Waals surface area (Å²) in [6.07, 6.45) is 2.14. The maximum Gasteiger partial charge on any atom is 0.251 e. The molecule has 1 aliphatic rings. The van der Waals surface area contributed by atoms with E-state index in [9.17, 15) is 13.6 Å². The van der Waals surface area contributed by atoms with Crippen molar-refractivity contribution in [3.63, 3.8) is 0 Å². The molecule has 0 aliphatic heterocycles. The second-order valence-electron chi connectivity index (χ2n) is 6.31. The molecule has 3 rings (SSSR count). The lowest BCUT2D eigenvalue weighted by atomic mass is 9.98. The highest BCUT2D eigenvalue weighted by molar-refractivity contribution is 5.95. The van der Waals surface area contributed by atoms with Gasteiger partial charge in [0.25, 0.3) is 5.91 Å². The van der Waals surface area contributed by atoms with E-state index >= 15 is 0 Å². The highest BCUT2D eigenvalue weighted by Gasteiger charge is 2.31. The van der Waals surface area contributed by atoms with Crippen molar-refractivity contribution >= 4 is 5.91 Å². The number of benzene rings is 2. The Morgan fingerprint density at radius 2 is 1.92 bits per heavy atom. The summed E-state index contributed by atoms with van der Waals surface area (Å²) in [5.41, 5.74) is 7.54. The van der Waals surface area contributed by atoms with Gasteiger partial charge in [0, 0.05) is 23.7 Å². The molecule has 1 fully saturated rings. The van der Waals surface area contributed by atoms with Crippen molar-refractivity contribution in [2.75, 3.05) is 6.54 Å². The van der Waals surface area contributed by atoms with Gasteiger partial charge in [0.2, 0.25) is 0 Å². The van der Waals surface area contributed by atoms with Gasteiger partial charge in [-0.3, -0.25) is 4.79 Å². The van der Waals surface area contributed by atoms with Gasteiger partial charge in [-0.2, -0.15) is 0 Å². The zero-order chi connectivity index (χ0) is 17.3. The smallest absolute Gasteiger partial charge is 0.251 e. The molecule has 126 valence electrons. The molecule has 1 unspecified atom stereocenters. The molecule has 3 N–H and O–H groups in total. The average molecular weight is 330 g/mol. The minimum absolute atomic E-state index is 0.0559. The molecule has 0 aromatic heterocycles. The highest BCUT2D eigenvalue weighted by Crippen LogP contribution is 2.32. The Hall–Kier alpha value is -2.27. The van der Waals surface area contributed by atoms with Crippen LogP contribution in [0.15, 0.2) is 36.4 Å². The fourth-order valence-corrected chi connectivity index (χ4v) is 2.92. The van der Waals surface area contributed by atoms with Gasteiger partial charge in [-0.05, 0) is 61.1 Å². The van der Waals surface area contributed by atoms with Gasteiger partial charge in [0.15, 0.2) is 0 Å². The molecule has 1 saturated carbocycles. The minimum atomic E-state index is -0.506. The van der Waals surface area contributed by atoms with Crippen LogP contribution in [0.1, 0.15) is 28.8 Å². The lowest BCUT2D eigenvalue weighted by Crippen LogP contribution is -2.41. The van der Waals surface area contributed by atoms with Crippen LogP contribution in [0.5, 0.6) is 0 Å². The maximum absolute atomic E-state index is 14.5. The van der Waals surface area contributed by atoms with Crippen molar-refractivity contribution in [1.82, 2.24) is 5.32 Å². The Kier molecular flexibility index (Phi) is 4.62. The Morgan fingerprint density at radius 1 is 1.21 bits per heavy atom. The van der Waals surface area contributed by atoms with Crippen LogP contribution in [0, 0.1) is 24.5 Å². The first-order valence-corrected chi connectivity index (χ1v) is 8.06. The molecule has 0 bridgehead atoms. The van der Waals surface area contributed by atoms with Crippen LogP contribution in [0.25, 0.3) is 11.1 Å². The second-order valence-corrected chi connectivity index (χ2v) is 6.31. The maximum atomic E-state index is 14.5. The van der Waals surface area contributed by atoms with Crippen LogP contribution < -0.4 is 11.1 Å². The molecule has 2 aromatic rings. The normalized spacial score (nSPS) is 15.2. The van der Waals surface area contributed by atoms with Crippen LogP contribution in [0.4, 0.5) is 8.78 Å². The number of hydrogen-bond acceptors (Lipinski definition) is 2. The van der Waals surface area contributed by atoms with E-state index in [-0.39, 0.29) is 23.3 Å². The third-order valence-corrected chi connectivity index (χ3v) is 4.47. The monoisotopic (exact) mass is 330 g/mol. The van der Waals surface area contributed by atoms with Gasteiger partial charge in [-0.15, -0.1) is 0 Å². The van der Waals surface area contributed by atoms with Crippen LogP contribution in [0.2, 0.25) is 0 Å². The zero-order valence-electron chi connectivity index (χ0n) is 13.5. The van der Waals surface area contributed by atoms with Crippen molar-refractivity contribution in [3.8, 4) is 11.1 Å². The topological polar surface area (TPSA) is 55.1 Å². The van der Waals surface area contributed by atoms with E-state index in [2.05, 4.69) is 5.32 Å². The number of aryl methyl sites for hydroxylation is 1. The van der Waals surface area contributed by atoms with E-state index < -0.39 is 5.82 Å². The van der Waals surface area contributed by atoms with Crippen molar-refractivity contribution in [2.45, 2.75) is 25.8 Å². The Morgan fingerprint density at radius 3 is 2.50 bits per heavy atom. The Balaban J connectivity index is 1.82. The number of amides is 1. The molecule has 2 aromatic carbocycles. The number of nitrogens with two attached hydrogens (primary N) is 1. The third-order valence-electron chi connectivity index (χ3n) is 4.47. The first-order valence-electron chi connectivity index (χ1n) is 8.06. The minimum Gasteiger partial charge on any atom is -0.348 e. The summed E-state index contributed by atoms with van der Waals surface area (Å²) in [7, 11) is 0. The molecule has 24 heavy (non-hydrogen) atoms. The summed E-state index contributed by atoms with van der Waals surface area (Å²) in [4.78, 5) is 12.3. The van der Waals surface area contributed by atoms with E-state index in [0.717, 1.165) is 12.8 Å². The molecule has 3 nitrogen and oxygen atoms in total. The molecule has 1 amide bonds. The summed E-state index contributed by atoms with van der Waals surface area (Å²) in [5.74, 6) is -0.753. The number of halogens is 2. The molecule has 1 aliphatic carbocycles. The predicted octanol–water partition coefficient (Wildman–Crippen LogP) is 3.41. The van der Waals surface area contributed by atoms with E-state index in [4.69, 9.17) is 5.73 Å². The van der Waals surface area contributed by atoms with Crippen molar-refractivity contribution in [1.29, 1.82) is 0 Å². The largest absolute Gasteiger partial charge is 0.348 e. The zero-order valence-corrected chi connectivity index (χ0v) is 13.5.